The van der Waals surface area contributed by atoms with Crippen LogP contribution in [0.15, 0.2) is 59.5 Å². The van der Waals surface area contributed by atoms with Crippen molar-refractivity contribution in [2.24, 2.45) is 5.41 Å². The average molecular weight is 440 g/mol. The molecule has 2 atom stereocenters. The Morgan fingerprint density at radius 2 is 1.90 bits per heavy atom. The van der Waals surface area contributed by atoms with Crippen molar-refractivity contribution < 1.29 is 22.7 Å². The van der Waals surface area contributed by atoms with Gasteiger partial charge in [-0.05, 0) is 48.2 Å². The SMILES string of the molecule is CN1C(=O)c2cccc3c(S(=O)(=O)NCC4(CO)CC4c4ccc(F)cc4)ccc1c23. The molecule has 0 spiro atoms. The highest BCUT2D eigenvalue weighted by Crippen LogP contribution is 2.58. The molecular formula is C23H21FN2O4S. The number of rotatable bonds is 6. The number of anilines is 1. The summed E-state index contributed by atoms with van der Waals surface area (Å²) in [5.41, 5.74) is 1.43. The van der Waals surface area contributed by atoms with Gasteiger partial charge in [-0.25, -0.2) is 17.5 Å². The minimum atomic E-state index is -3.89. The van der Waals surface area contributed by atoms with Gasteiger partial charge in [0.25, 0.3) is 5.91 Å². The number of amides is 1. The molecule has 1 aliphatic carbocycles. The van der Waals surface area contributed by atoms with Gasteiger partial charge in [0.15, 0.2) is 0 Å². The first-order valence-electron chi connectivity index (χ1n) is 9.97. The first-order chi connectivity index (χ1) is 14.8. The van der Waals surface area contributed by atoms with Gasteiger partial charge in [-0.3, -0.25) is 4.79 Å². The molecule has 2 N–H and O–H groups in total. The van der Waals surface area contributed by atoms with E-state index >= 15 is 0 Å². The normalized spacial score (nSPS) is 22.4. The van der Waals surface area contributed by atoms with Crippen LogP contribution in [0.5, 0.6) is 0 Å². The second-order valence-electron chi connectivity index (χ2n) is 8.33. The summed E-state index contributed by atoms with van der Waals surface area (Å²) >= 11 is 0. The maximum absolute atomic E-state index is 13.2. The van der Waals surface area contributed by atoms with E-state index in [1.54, 1.807) is 43.4 Å². The van der Waals surface area contributed by atoms with Crippen molar-refractivity contribution in [3.63, 3.8) is 0 Å². The predicted octanol–water partition coefficient (Wildman–Crippen LogP) is 3.01. The molecular weight excluding hydrogens is 419 g/mol. The summed E-state index contributed by atoms with van der Waals surface area (Å²) in [7, 11) is -2.23. The molecule has 5 rings (SSSR count). The van der Waals surface area contributed by atoms with Crippen molar-refractivity contribution >= 4 is 32.4 Å². The minimum Gasteiger partial charge on any atom is -0.396 e. The van der Waals surface area contributed by atoms with Gasteiger partial charge in [0.2, 0.25) is 10.0 Å². The number of hydrogen-bond donors (Lipinski definition) is 2. The average Bonchev–Trinajstić information content (AvgIpc) is 3.45. The van der Waals surface area contributed by atoms with Crippen molar-refractivity contribution in [3.05, 3.63) is 71.5 Å². The monoisotopic (exact) mass is 440 g/mol. The first kappa shape index (κ1) is 20.1. The highest BCUT2D eigenvalue weighted by atomic mass is 32.2. The molecule has 1 amide bonds. The summed E-state index contributed by atoms with van der Waals surface area (Å²) in [6, 6.07) is 14.3. The number of carbonyl (C=O) groups is 1. The zero-order valence-electron chi connectivity index (χ0n) is 16.8. The Hall–Kier alpha value is -2.81. The van der Waals surface area contributed by atoms with E-state index in [-0.39, 0.29) is 35.7 Å². The molecule has 3 aromatic carbocycles. The standard InChI is InChI=1S/C23H21FN2O4S/c1-26-19-9-10-20(16-3-2-4-17(21(16)19)22(26)28)31(29,30)25-12-23(13-27)11-18(23)14-5-7-15(24)8-6-14/h2-10,18,25,27H,11-13H2,1H3. The van der Waals surface area contributed by atoms with Gasteiger partial charge in [0.1, 0.15) is 5.82 Å². The Morgan fingerprint density at radius 3 is 2.61 bits per heavy atom. The number of benzene rings is 3. The molecule has 1 fully saturated rings. The van der Waals surface area contributed by atoms with Crippen LogP contribution in [-0.4, -0.2) is 39.6 Å². The zero-order valence-corrected chi connectivity index (χ0v) is 17.6. The Morgan fingerprint density at radius 1 is 1.16 bits per heavy atom. The molecule has 1 heterocycles. The molecule has 1 aliphatic heterocycles. The number of sulfonamides is 1. The Kier molecular flexibility index (Phi) is 4.44. The van der Waals surface area contributed by atoms with E-state index in [0.717, 1.165) is 5.56 Å². The van der Waals surface area contributed by atoms with Crippen LogP contribution in [0.2, 0.25) is 0 Å². The summed E-state index contributed by atoms with van der Waals surface area (Å²) in [5.74, 6) is -0.543. The van der Waals surface area contributed by atoms with Crippen LogP contribution in [-0.2, 0) is 10.0 Å². The van der Waals surface area contributed by atoms with Gasteiger partial charge >= 0.3 is 0 Å². The summed E-state index contributed by atoms with van der Waals surface area (Å²) in [4.78, 5) is 14.1. The molecule has 1 saturated carbocycles. The smallest absolute Gasteiger partial charge is 0.258 e. The molecule has 0 aromatic heterocycles. The Bertz CT molecular complexity index is 1320. The van der Waals surface area contributed by atoms with Gasteiger partial charge in [0, 0.05) is 35.3 Å². The summed E-state index contributed by atoms with van der Waals surface area (Å²) < 4.78 is 42.2. The number of hydrogen-bond acceptors (Lipinski definition) is 4. The van der Waals surface area contributed by atoms with Crippen LogP contribution in [0.3, 0.4) is 0 Å². The summed E-state index contributed by atoms with van der Waals surface area (Å²) in [5, 5.41) is 11.1. The molecule has 2 aliphatic rings. The van der Waals surface area contributed by atoms with Crippen LogP contribution in [0, 0.1) is 11.2 Å². The van der Waals surface area contributed by atoms with E-state index in [1.165, 1.54) is 23.1 Å². The van der Waals surface area contributed by atoms with Gasteiger partial charge in [-0.1, -0.05) is 24.3 Å². The minimum absolute atomic E-state index is 0.0418. The topological polar surface area (TPSA) is 86.7 Å². The highest BCUT2D eigenvalue weighted by molar-refractivity contribution is 7.89. The maximum Gasteiger partial charge on any atom is 0.258 e. The van der Waals surface area contributed by atoms with Crippen molar-refractivity contribution in [2.75, 3.05) is 25.1 Å². The van der Waals surface area contributed by atoms with Crippen LogP contribution < -0.4 is 9.62 Å². The number of nitrogens with zero attached hydrogens (tertiary/aromatic N) is 1. The van der Waals surface area contributed by atoms with E-state index in [9.17, 15) is 22.7 Å². The fourth-order valence-corrected chi connectivity index (χ4v) is 5.94. The van der Waals surface area contributed by atoms with Crippen LogP contribution >= 0.6 is 0 Å². The fraction of sp³-hybridized carbons (Fsp3) is 0.261. The van der Waals surface area contributed by atoms with Crippen LogP contribution in [0.25, 0.3) is 10.8 Å². The number of aliphatic hydroxyl groups is 1. The van der Waals surface area contributed by atoms with Gasteiger partial charge in [-0.2, -0.15) is 0 Å². The lowest BCUT2D eigenvalue weighted by molar-refractivity contribution is 0.0999. The molecule has 160 valence electrons. The molecule has 0 radical (unpaired) electrons. The molecule has 8 heteroatoms. The number of carbonyl (C=O) groups excluding carboxylic acids is 1. The van der Waals surface area contributed by atoms with E-state index in [0.29, 0.717) is 28.4 Å². The molecule has 6 nitrogen and oxygen atoms in total. The second kappa shape index (κ2) is 6.85. The van der Waals surface area contributed by atoms with Gasteiger partial charge in [-0.15, -0.1) is 0 Å². The van der Waals surface area contributed by atoms with E-state index in [1.807, 2.05) is 0 Å². The Labute approximate surface area is 179 Å². The van der Waals surface area contributed by atoms with E-state index in [2.05, 4.69) is 4.72 Å². The lowest BCUT2D eigenvalue weighted by Gasteiger charge is -2.17. The third kappa shape index (κ3) is 3.05. The summed E-state index contributed by atoms with van der Waals surface area (Å²) in [6.45, 7) is -0.115. The number of aliphatic hydroxyl groups excluding tert-OH is 1. The fourth-order valence-electron chi connectivity index (χ4n) is 4.60. The van der Waals surface area contributed by atoms with E-state index in [4.69, 9.17) is 0 Å². The van der Waals surface area contributed by atoms with Crippen LogP contribution in [0.1, 0.15) is 28.3 Å². The third-order valence-electron chi connectivity index (χ3n) is 6.56. The third-order valence-corrected chi connectivity index (χ3v) is 8.02. The zero-order chi connectivity index (χ0) is 22.0. The predicted molar refractivity (Wildman–Crippen MR) is 115 cm³/mol. The van der Waals surface area contributed by atoms with Gasteiger partial charge in [0.05, 0.1) is 17.2 Å². The second-order valence-corrected chi connectivity index (χ2v) is 10.1. The van der Waals surface area contributed by atoms with Crippen molar-refractivity contribution in [1.82, 2.24) is 4.72 Å². The summed E-state index contributed by atoms with van der Waals surface area (Å²) in [6.07, 6.45) is 0.612. The number of halogens is 1. The Balaban J connectivity index is 1.44. The molecule has 0 bridgehead atoms. The van der Waals surface area contributed by atoms with Crippen molar-refractivity contribution in [2.45, 2.75) is 17.2 Å². The van der Waals surface area contributed by atoms with Crippen LogP contribution in [0.4, 0.5) is 10.1 Å². The molecule has 2 unspecified atom stereocenters. The lowest BCUT2D eigenvalue weighted by Crippen LogP contribution is -2.33. The van der Waals surface area contributed by atoms with E-state index < -0.39 is 15.4 Å². The molecule has 0 saturated heterocycles. The number of nitrogens with one attached hydrogen (secondary N) is 1. The maximum atomic E-state index is 13.2. The van der Waals surface area contributed by atoms with Gasteiger partial charge < -0.3 is 10.0 Å². The quantitative estimate of drug-likeness (QED) is 0.617. The lowest BCUT2D eigenvalue weighted by atomic mass is 10.0. The molecule has 3 aromatic rings. The molecule has 31 heavy (non-hydrogen) atoms. The first-order valence-corrected chi connectivity index (χ1v) is 11.5. The largest absolute Gasteiger partial charge is 0.396 e. The highest BCUT2D eigenvalue weighted by Gasteiger charge is 2.54. The van der Waals surface area contributed by atoms with Crippen molar-refractivity contribution in [1.29, 1.82) is 0 Å². The van der Waals surface area contributed by atoms with Crippen molar-refractivity contribution in [3.8, 4) is 0 Å².